The van der Waals surface area contributed by atoms with E-state index in [0.29, 0.717) is 12.1 Å². The molecule has 0 radical (unpaired) electrons. The summed E-state index contributed by atoms with van der Waals surface area (Å²) in [5, 5.41) is 6.80. The first-order valence-electron chi connectivity index (χ1n) is 9.09. The Labute approximate surface area is 181 Å². The van der Waals surface area contributed by atoms with E-state index < -0.39 is 33.6 Å². The summed E-state index contributed by atoms with van der Waals surface area (Å²) in [6.07, 6.45) is -6.23. The van der Waals surface area contributed by atoms with Crippen molar-refractivity contribution in [3.8, 4) is 17.1 Å². The van der Waals surface area contributed by atoms with Crippen LogP contribution in [0.4, 0.5) is 26.3 Å². The van der Waals surface area contributed by atoms with Crippen LogP contribution in [-0.4, -0.2) is 43.5 Å². The van der Waals surface area contributed by atoms with Crippen LogP contribution >= 0.6 is 0 Å². The van der Waals surface area contributed by atoms with E-state index in [-0.39, 0.29) is 33.4 Å². The standard InChI is InChI=1S/C18H12F6N6O2S/c1-2-33(31,32)11-3-4-14(29-6-5-12(27-29)17(19,20)21)26-16(11)10-8-25-15-7-13(18(22,23)24)28-30(15)9-10/h3-9H,2H2,1H3. The van der Waals surface area contributed by atoms with Gasteiger partial charge in [-0.15, -0.1) is 0 Å². The summed E-state index contributed by atoms with van der Waals surface area (Å²) in [6.45, 7) is 1.38. The van der Waals surface area contributed by atoms with Crippen molar-refractivity contribution in [3.05, 3.63) is 54.2 Å². The van der Waals surface area contributed by atoms with Crippen LogP contribution in [0.2, 0.25) is 0 Å². The number of nitrogens with zero attached hydrogens (tertiary/aromatic N) is 6. The molecular formula is C18H12F6N6O2S. The van der Waals surface area contributed by atoms with Crippen molar-refractivity contribution in [3.63, 3.8) is 0 Å². The Morgan fingerprint density at radius 1 is 0.970 bits per heavy atom. The molecule has 33 heavy (non-hydrogen) atoms. The molecule has 174 valence electrons. The Morgan fingerprint density at radius 2 is 1.67 bits per heavy atom. The van der Waals surface area contributed by atoms with Crippen LogP contribution < -0.4 is 0 Å². The van der Waals surface area contributed by atoms with Gasteiger partial charge in [-0.1, -0.05) is 6.92 Å². The van der Waals surface area contributed by atoms with E-state index in [1.165, 1.54) is 13.0 Å². The summed E-state index contributed by atoms with van der Waals surface area (Å²) in [7, 11) is -3.87. The highest BCUT2D eigenvalue weighted by Gasteiger charge is 2.35. The van der Waals surface area contributed by atoms with Crippen molar-refractivity contribution >= 4 is 15.5 Å². The molecule has 0 bridgehead atoms. The lowest BCUT2D eigenvalue weighted by Gasteiger charge is -2.11. The molecule has 0 saturated heterocycles. The van der Waals surface area contributed by atoms with E-state index in [4.69, 9.17) is 0 Å². The lowest BCUT2D eigenvalue weighted by Crippen LogP contribution is -2.11. The molecule has 0 saturated carbocycles. The molecule has 0 fully saturated rings. The maximum Gasteiger partial charge on any atom is 0.435 e. The van der Waals surface area contributed by atoms with E-state index >= 15 is 0 Å². The predicted molar refractivity (Wildman–Crippen MR) is 101 cm³/mol. The Kier molecular flexibility index (Phi) is 5.18. The monoisotopic (exact) mass is 490 g/mol. The summed E-state index contributed by atoms with van der Waals surface area (Å²) in [5.74, 6) is -0.469. The fourth-order valence-electron chi connectivity index (χ4n) is 2.92. The largest absolute Gasteiger partial charge is 0.435 e. The topological polar surface area (TPSA) is 95.0 Å². The smallest absolute Gasteiger partial charge is 0.236 e. The SMILES string of the molecule is CCS(=O)(=O)c1ccc(-n2ccc(C(F)(F)F)n2)nc1-c1cnc2cc(C(F)(F)F)nn2c1. The maximum absolute atomic E-state index is 13.0. The quantitative estimate of drug-likeness (QED) is 0.404. The van der Waals surface area contributed by atoms with Gasteiger partial charge in [0.1, 0.15) is 0 Å². The van der Waals surface area contributed by atoms with Crippen molar-refractivity contribution in [2.24, 2.45) is 0 Å². The van der Waals surface area contributed by atoms with Crippen LogP contribution in [0.5, 0.6) is 0 Å². The van der Waals surface area contributed by atoms with Gasteiger partial charge in [-0.3, -0.25) is 0 Å². The second-order valence-electron chi connectivity index (χ2n) is 6.74. The van der Waals surface area contributed by atoms with E-state index in [2.05, 4.69) is 20.2 Å². The minimum absolute atomic E-state index is 0.0172. The first-order valence-corrected chi connectivity index (χ1v) is 10.7. The minimum Gasteiger partial charge on any atom is -0.236 e. The lowest BCUT2D eigenvalue weighted by molar-refractivity contribution is -0.142. The van der Waals surface area contributed by atoms with Gasteiger partial charge in [-0.05, 0) is 18.2 Å². The van der Waals surface area contributed by atoms with Crippen molar-refractivity contribution < 1.29 is 34.8 Å². The number of alkyl halides is 6. The fourth-order valence-corrected chi connectivity index (χ4v) is 3.96. The van der Waals surface area contributed by atoms with Gasteiger partial charge in [0, 0.05) is 30.2 Å². The highest BCUT2D eigenvalue weighted by Crippen LogP contribution is 2.31. The Balaban J connectivity index is 1.90. The first kappa shape index (κ1) is 22.7. The van der Waals surface area contributed by atoms with Crippen molar-refractivity contribution in [1.82, 2.24) is 29.4 Å². The van der Waals surface area contributed by atoms with E-state index in [1.54, 1.807) is 0 Å². The van der Waals surface area contributed by atoms with Crippen LogP contribution in [0.3, 0.4) is 0 Å². The first-order chi connectivity index (χ1) is 15.3. The zero-order valence-electron chi connectivity index (χ0n) is 16.4. The fraction of sp³-hybridized carbons (Fsp3) is 0.222. The van der Waals surface area contributed by atoms with Crippen LogP contribution in [0.15, 0.2) is 47.8 Å². The molecule has 15 heteroatoms. The van der Waals surface area contributed by atoms with Crippen LogP contribution in [0.25, 0.3) is 22.7 Å². The zero-order chi connectivity index (χ0) is 24.2. The molecule has 0 aromatic carbocycles. The Morgan fingerprint density at radius 3 is 2.27 bits per heavy atom. The lowest BCUT2D eigenvalue weighted by atomic mass is 10.2. The van der Waals surface area contributed by atoms with Gasteiger partial charge in [-0.25, -0.2) is 27.6 Å². The number of hydrogen-bond acceptors (Lipinski definition) is 6. The molecular weight excluding hydrogens is 478 g/mol. The van der Waals surface area contributed by atoms with Crippen molar-refractivity contribution in [2.45, 2.75) is 24.2 Å². The van der Waals surface area contributed by atoms with Gasteiger partial charge in [-0.2, -0.15) is 36.5 Å². The average Bonchev–Trinajstić information content (AvgIpc) is 3.40. The van der Waals surface area contributed by atoms with Gasteiger partial charge < -0.3 is 0 Å². The molecule has 0 amide bonds. The molecule has 0 unspecified atom stereocenters. The summed E-state index contributed by atoms with van der Waals surface area (Å²) >= 11 is 0. The minimum atomic E-state index is -4.72. The second kappa shape index (κ2) is 7.54. The van der Waals surface area contributed by atoms with Gasteiger partial charge in [0.05, 0.1) is 16.3 Å². The molecule has 0 atom stereocenters. The van der Waals surface area contributed by atoms with Gasteiger partial charge in [0.15, 0.2) is 32.7 Å². The highest BCUT2D eigenvalue weighted by molar-refractivity contribution is 7.91. The molecule has 4 heterocycles. The number of rotatable bonds is 4. The predicted octanol–water partition coefficient (Wildman–Crippen LogP) is 3.81. The molecule has 0 aliphatic rings. The summed E-state index contributed by atoms with van der Waals surface area (Å²) in [6, 6.07) is 3.73. The average molecular weight is 490 g/mol. The molecule has 0 aliphatic heterocycles. The molecule has 8 nitrogen and oxygen atoms in total. The number of pyridine rings is 1. The second-order valence-corrected chi connectivity index (χ2v) is 8.98. The Bertz CT molecular complexity index is 1460. The number of hydrogen-bond donors (Lipinski definition) is 0. The van der Waals surface area contributed by atoms with Gasteiger partial charge in [0.2, 0.25) is 0 Å². The van der Waals surface area contributed by atoms with Crippen molar-refractivity contribution in [1.29, 1.82) is 0 Å². The molecule has 4 rings (SSSR count). The van der Waals surface area contributed by atoms with E-state index in [9.17, 15) is 34.8 Å². The third kappa shape index (κ3) is 4.27. The number of aromatic nitrogens is 6. The zero-order valence-corrected chi connectivity index (χ0v) is 17.2. The number of fused-ring (bicyclic) bond motifs is 1. The van der Waals surface area contributed by atoms with Gasteiger partial charge in [0.25, 0.3) is 0 Å². The Hall–Kier alpha value is -3.49. The maximum atomic E-state index is 13.0. The number of halogens is 6. The summed E-state index contributed by atoms with van der Waals surface area (Å²) in [5.41, 5.74) is -2.78. The van der Waals surface area contributed by atoms with E-state index in [0.717, 1.165) is 33.9 Å². The van der Waals surface area contributed by atoms with Crippen LogP contribution in [0.1, 0.15) is 18.3 Å². The normalized spacial score (nSPS) is 13.1. The third-order valence-corrected chi connectivity index (χ3v) is 6.31. The molecule has 4 aromatic rings. The van der Waals surface area contributed by atoms with E-state index in [1.807, 2.05) is 0 Å². The molecule has 0 N–H and O–H groups in total. The van der Waals surface area contributed by atoms with Crippen LogP contribution in [0, 0.1) is 0 Å². The van der Waals surface area contributed by atoms with Crippen LogP contribution in [-0.2, 0) is 22.2 Å². The van der Waals surface area contributed by atoms with Gasteiger partial charge >= 0.3 is 12.4 Å². The number of sulfone groups is 1. The highest BCUT2D eigenvalue weighted by atomic mass is 32.2. The summed E-state index contributed by atoms with van der Waals surface area (Å²) in [4.78, 5) is 7.73. The third-order valence-electron chi connectivity index (χ3n) is 4.55. The molecule has 0 spiro atoms. The molecule has 0 aliphatic carbocycles. The molecule has 4 aromatic heterocycles. The van der Waals surface area contributed by atoms with Crippen molar-refractivity contribution in [2.75, 3.05) is 5.75 Å². The summed E-state index contributed by atoms with van der Waals surface area (Å²) < 4.78 is 104.